The first kappa shape index (κ1) is 20.7. The van der Waals surface area contributed by atoms with E-state index in [0.29, 0.717) is 6.61 Å². The van der Waals surface area contributed by atoms with Gasteiger partial charge in [-0.15, -0.1) is 11.8 Å². The van der Waals surface area contributed by atoms with E-state index < -0.39 is 0 Å². The summed E-state index contributed by atoms with van der Waals surface area (Å²) >= 11 is 1.70. The number of hydrogen-bond donors (Lipinski definition) is 1. The van der Waals surface area contributed by atoms with Crippen LogP contribution in [0.5, 0.6) is 0 Å². The summed E-state index contributed by atoms with van der Waals surface area (Å²) in [6.45, 7) is 6.45. The first-order valence-electron chi connectivity index (χ1n) is 11.5. The number of benzene rings is 1. The summed E-state index contributed by atoms with van der Waals surface area (Å²) in [5.41, 5.74) is 5.00. The second kappa shape index (κ2) is 8.08. The van der Waals surface area contributed by atoms with Crippen molar-refractivity contribution in [3.63, 3.8) is 0 Å². The third-order valence-electron chi connectivity index (χ3n) is 7.16. The van der Waals surface area contributed by atoms with E-state index in [2.05, 4.69) is 30.0 Å². The first-order chi connectivity index (χ1) is 14.9. The lowest BCUT2D eigenvalue weighted by molar-refractivity contribution is -0.141. The molecule has 2 aromatic rings. The van der Waals surface area contributed by atoms with Crippen LogP contribution in [0.15, 0.2) is 23.2 Å². The molecule has 0 spiro atoms. The van der Waals surface area contributed by atoms with Gasteiger partial charge in [0.05, 0.1) is 17.3 Å². The van der Waals surface area contributed by atoms with Gasteiger partial charge in [-0.1, -0.05) is 19.8 Å². The number of aliphatic imine (C=N–C) groups is 1. The Morgan fingerprint density at radius 1 is 1.23 bits per heavy atom. The Labute approximate surface area is 188 Å². The summed E-state index contributed by atoms with van der Waals surface area (Å²) < 4.78 is 7.03. The molecule has 1 saturated carbocycles. The minimum Gasteiger partial charge on any atom is -0.464 e. The maximum atomic E-state index is 11.2. The van der Waals surface area contributed by atoms with Crippen LogP contribution in [0.25, 0.3) is 10.9 Å². The van der Waals surface area contributed by atoms with Gasteiger partial charge in [0.1, 0.15) is 11.7 Å². The topological polar surface area (TPSA) is 72.8 Å². The summed E-state index contributed by atoms with van der Waals surface area (Å²) in [6, 6.07) is 6.93. The van der Waals surface area contributed by atoms with Gasteiger partial charge < -0.3 is 15.5 Å². The number of carbonyl (C=O) groups is 1. The van der Waals surface area contributed by atoms with Gasteiger partial charge in [-0.05, 0) is 54.9 Å². The number of fused-ring (bicyclic) bond motifs is 1. The van der Waals surface area contributed by atoms with E-state index in [-0.39, 0.29) is 17.4 Å². The number of esters is 1. The second-order valence-electron chi connectivity index (χ2n) is 9.49. The highest BCUT2D eigenvalue weighted by molar-refractivity contribution is 8.14. The van der Waals surface area contributed by atoms with Crippen molar-refractivity contribution in [1.82, 2.24) is 4.68 Å². The van der Waals surface area contributed by atoms with Crippen molar-refractivity contribution in [3.8, 4) is 0 Å². The summed E-state index contributed by atoms with van der Waals surface area (Å²) in [6.07, 6.45) is 7.53. The zero-order valence-electron chi connectivity index (χ0n) is 18.5. The summed E-state index contributed by atoms with van der Waals surface area (Å²) in [5, 5.41) is 2.15. The Morgan fingerprint density at radius 3 is 2.68 bits per heavy atom. The van der Waals surface area contributed by atoms with Crippen molar-refractivity contribution in [2.24, 2.45) is 4.99 Å². The zero-order valence-corrected chi connectivity index (χ0v) is 19.3. The highest BCUT2D eigenvalue weighted by atomic mass is 32.2. The highest BCUT2D eigenvalue weighted by Crippen LogP contribution is 2.45. The average Bonchev–Trinajstić information content (AvgIpc) is 3.53. The molecule has 6 nitrogen and oxygen atoms in total. The molecular weight excluding hydrogens is 408 g/mol. The highest BCUT2D eigenvalue weighted by Gasteiger charge is 2.35. The smallest absolute Gasteiger partial charge is 0.302 e. The molecule has 1 aromatic heterocycles. The number of ether oxygens (including phenoxy) is 1. The number of nitrogens with two attached hydrogens (primary N) is 1. The first-order valence-corrected chi connectivity index (χ1v) is 12.5. The van der Waals surface area contributed by atoms with Crippen LogP contribution in [0, 0.1) is 0 Å². The molecule has 1 unspecified atom stereocenters. The lowest BCUT2D eigenvalue weighted by atomic mass is 9.80. The maximum Gasteiger partial charge on any atom is 0.302 e. The molecule has 0 bridgehead atoms. The number of hydrogen-bond acceptors (Lipinski definition) is 6. The molecule has 1 atom stereocenters. The third kappa shape index (κ3) is 3.81. The zero-order chi connectivity index (χ0) is 21.6. The molecule has 166 valence electrons. The molecule has 2 aliphatic heterocycles. The van der Waals surface area contributed by atoms with E-state index >= 15 is 0 Å². The van der Waals surface area contributed by atoms with Gasteiger partial charge in [-0.25, -0.2) is 0 Å². The monoisotopic (exact) mass is 440 g/mol. The molecule has 0 amide bonds. The predicted molar refractivity (Wildman–Crippen MR) is 129 cm³/mol. The SMILES string of the molecule is CC(=O)OCC1CSC(c2cc3cc(N4CCCC4)cc(C4(C)CCCC4)c3n2N)=N1. The summed E-state index contributed by atoms with van der Waals surface area (Å²) in [7, 11) is 0. The van der Waals surface area contributed by atoms with E-state index in [1.165, 1.54) is 62.1 Å². The van der Waals surface area contributed by atoms with Gasteiger partial charge in [-0.2, -0.15) is 0 Å². The van der Waals surface area contributed by atoms with E-state index in [1.807, 2.05) is 4.68 Å². The molecule has 2 N–H and O–H groups in total. The lowest BCUT2D eigenvalue weighted by Gasteiger charge is -2.28. The number of anilines is 1. The quantitative estimate of drug-likeness (QED) is 0.557. The molecule has 2 fully saturated rings. The van der Waals surface area contributed by atoms with Crippen molar-refractivity contribution >= 4 is 39.4 Å². The molecule has 3 heterocycles. The Hall–Kier alpha value is -2.15. The van der Waals surface area contributed by atoms with Gasteiger partial charge in [0.25, 0.3) is 0 Å². The van der Waals surface area contributed by atoms with Crippen LogP contribution in [0.3, 0.4) is 0 Å². The van der Waals surface area contributed by atoms with Crippen molar-refractivity contribution < 1.29 is 9.53 Å². The lowest BCUT2D eigenvalue weighted by Crippen LogP contribution is -2.23. The van der Waals surface area contributed by atoms with Crippen LogP contribution in [0.1, 0.15) is 63.6 Å². The van der Waals surface area contributed by atoms with E-state index in [1.54, 1.807) is 11.8 Å². The van der Waals surface area contributed by atoms with Gasteiger partial charge in [-0.3, -0.25) is 14.5 Å². The van der Waals surface area contributed by atoms with E-state index in [9.17, 15) is 4.79 Å². The van der Waals surface area contributed by atoms with Crippen LogP contribution in [-0.2, 0) is 14.9 Å². The number of carbonyl (C=O) groups excluding carboxylic acids is 1. The third-order valence-corrected chi connectivity index (χ3v) is 8.30. The second-order valence-corrected chi connectivity index (χ2v) is 10.5. The molecule has 5 rings (SSSR count). The fraction of sp³-hybridized carbons (Fsp3) is 0.583. The van der Waals surface area contributed by atoms with Crippen LogP contribution in [-0.4, -0.2) is 47.2 Å². The van der Waals surface area contributed by atoms with Crippen LogP contribution in [0.4, 0.5) is 5.69 Å². The fourth-order valence-electron chi connectivity index (χ4n) is 5.42. The van der Waals surface area contributed by atoms with Crippen molar-refractivity contribution in [2.45, 2.75) is 63.8 Å². The number of nitrogens with zero attached hydrogens (tertiary/aromatic N) is 3. The van der Waals surface area contributed by atoms with Gasteiger partial charge >= 0.3 is 5.97 Å². The molecule has 7 heteroatoms. The average molecular weight is 441 g/mol. The van der Waals surface area contributed by atoms with Gasteiger partial charge in [0.15, 0.2) is 0 Å². The standard InChI is InChI=1S/C24H32N4O2S/c1-16(29)30-14-18-15-31-23(26-18)21-12-17-11-19(27-9-5-6-10-27)13-20(22(17)28(21)25)24(2)7-3-4-8-24/h11-13,18H,3-10,14-15,25H2,1-2H3. The predicted octanol–water partition coefficient (Wildman–Crippen LogP) is 4.21. The number of thioether (sulfide) groups is 1. The molecule has 31 heavy (non-hydrogen) atoms. The van der Waals surface area contributed by atoms with Gasteiger partial charge in [0, 0.05) is 36.8 Å². The molecule has 1 aliphatic carbocycles. The maximum absolute atomic E-state index is 11.2. The Balaban J connectivity index is 1.58. The van der Waals surface area contributed by atoms with Crippen LogP contribution < -0.4 is 10.7 Å². The molecule has 1 aromatic carbocycles. The number of aromatic nitrogens is 1. The largest absolute Gasteiger partial charge is 0.464 e. The molecule has 0 radical (unpaired) electrons. The van der Waals surface area contributed by atoms with Crippen molar-refractivity contribution in [3.05, 3.63) is 29.5 Å². The van der Waals surface area contributed by atoms with E-state index in [0.717, 1.165) is 35.1 Å². The van der Waals surface area contributed by atoms with Crippen LogP contribution in [0.2, 0.25) is 0 Å². The fourth-order valence-corrected chi connectivity index (χ4v) is 6.47. The van der Waals surface area contributed by atoms with E-state index in [4.69, 9.17) is 15.6 Å². The molecular formula is C24H32N4O2S. The minimum atomic E-state index is -0.259. The Kier molecular flexibility index (Phi) is 5.40. The normalized spacial score (nSPS) is 23.0. The number of rotatable bonds is 5. The van der Waals surface area contributed by atoms with Gasteiger partial charge in [0.2, 0.25) is 0 Å². The Morgan fingerprint density at radius 2 is 1.97 bits per heavy atom. The number of nitrogen functional groups attached to an aromatic ring is 1. The van der Waals surface area contributed by atoms with Crippen LogP contribution >= 0.6 is 11.8 Å². The Bertz CT molecular complexity index is 1030. The molecule has 1 saturated heterocycles. The summed E-state index contributed by atoms with van der Waals surface area (Å²) in [4.78, 5) is 18.5. The van der Waals surface area contributed by atoms with Crippen molar-refractivity contribution in [1.29, 1.82) is 0 Å². The van der Waals surface area contributed by atoms with Crippen molar-refractivity contribution in [2.75, 3.05) is 36.2 Å². The molecule has 3 aliphatic rings. The summed E-state index contributed by atoms with van der Waals surface area (Å²) in [5.74, 6) is 7.30. The minimum absolute atomic E-state index is 0.00565.